The van der Waals surface area contributed by atoms with E-state index in [2.05, 4.69) is 12.2 Å². The molecule has 1 fully saturated rings. The van der Waals surface area contributed by atoms with Gasteiger partial charge in [-0.1, -0.05) is 38.3 Å². The van der Waals surface area contributed by atoms with Gasteiger partial charge in [0.15, 0.2) is 0 Å². The summed E-state index contributed by atoms with van der Waals surface area (Å²) in [4.78, 5) is 0. The highest BCUT2D eigenvalue weighted by Gasteiger charge is 2.27. The largest absolute Gasteiger partial charge is 0.493 e. The van der Waals surface area contributed by atoms with Crippen molar-refractivity contribution in [2.45, 2.75) is 51.6 Å². The second-order valence-corrected chi connectivity index (χ2v) is 6.64. The van der Waals surface area contributed by atoms with Gasteiger partial charge < -0.3 is 15.2 Å². The maximum atomic E-state index is 10.1. The molecule has 0 radical (unpaired) electrons. The molecule has 1 aliphatic rings. The summed E-state index contributed by atoms with van der Waals surface area (Å²) < 4.78 is 6.02. The molecule has 0 saturated heterocycles. The summed E-state index contributed by atoms with van der Waals surface area (Å²) in [5.41, 5.74) is 1.26. The fourth-order valence-corrected chi connectivity index (χ4v) is 3.07. The molecule has 1 saturated carbocycles. The fourth-order valence-electron chi connectivity index (χ4n) is 3.07. The first-order valence-corrected chi connectivity index (χ1v) is 8.18. The molecule has 0 aliphatic heterocycles. The van der Waals surface area contributed by atoms with E-state index in [1.807, 2.05) is 31.3 Å². The summed E-state index contributed by atoms with van der Waals surface area (Å²) in [7, 11) is 1.90. The van der Waals surface area contributed by atoms with E-state index in [4.69, 9.17) is 4.74 Å². The van der Waals surface area contributed by atoms with Gasteiger partial charge in [0.2, 0.25) is 0 Å². The summed E-state index contributed by atoms with van der Waals surface area (Å²) in [6, 6.07) is 7.90. The quantitative estimate of drug-likeness (QED) is 0.805. The Balaban J connectivity index is 1.91. The molecule has 1 unspecified atom stereocenters. The predicted octanol–water partition coefficient (Wildman–Crippen LogP) is 3.68. The smallest absolute Gasteiger partial charge is 0.119 e. The van der Waals surface area contributed by atoms with Crippen LogP contribution in [0.25, 0.3) is 0 Å². The number of hydrogen-bond donors (Lipinski definition) is 2. The summed E-state index contributed by atoms with van der Waals surface area (Å²) in [5, 5.41) is 13.2. The third-order valence-electron chi connectivity index (χ3n) is 4.56. The molecule has 2 N–H and O–H groups in total. The number of nitrogens with one attached hydrogen (secondary N) is 1. The predicted molar refractivity (Wildman–Crippen MR) is 86.6 cm³/mol. The second-order valence-electron chi connectivity index (χ2n) is 6.64. The van der Waals surface area contributed by atoms with Crippen molar-refractivity contribution in [2.75, 3.05) is 20.2 Å². The maximum Gasteiger partial charge on any atom is 0.119 e. The molecule has 0 amide bonds. The first-order valence-electron chi connectivity index (χ1n) is 8.18. The number of ether oxygens (including phenoxy) is 1. The third-order valence-corrected chi connectivity index (χ3v) is 4.56. The van der Waals surface area contributed by atoms with E-state index >= 15 is 0 Å². The zero-order valence-corrected chi connectivity index (χ0v) is 13.4. The third kappa shape index (κ3) is 5.01. The van der Waals surface area contributed by atoms with Crippen LogP contribution in [0.15, 0.2) is 24.3 Å². The molecule has 3 nitrogen and oxygen atoms in total. The minimum absolute atomic E-state index is 0.318. The van der Waals surface area contributed by atoms with E-state index in [9.17, 15) is 5.11 Å². The molecule has 1 aromatic rings. The SMILES string of the molecule is CNCCC(O)c1cccc(OCC2(C)CCCCC2)c1. The lowest BCUT2D eigenvalue weighted by molar-refractivity contribution is 0.115. The molecule has 1 aliphatic carbocycles. The Morgan fingerprint density at radius 3 is 2.76 bits per heavy atom. The van der Waals surface area contributed by atoms with Crippen LogP contribution < -0.4 is 10.1 Å². The van der Waals surface area contributed by atoms with Gasteiger partial charge in [-0.2, -0.15) is 0 Å². The first-order chi connectivity index (χ1) is 10.1. The highest BCUT2D eigenvalue weighted by Crippen LogP contribution is 2.36. The molecular formula is C18H29NO2. The van der Waals surface area contributed by atoms with Crippen LogP contribution in [-0.2, 0) is 0 Å². The minimum atomic E-state index is -0.425. The monoisotopic (exact) mass is 291 g/mol. The first kappa shape index (κ1) is 16.3. The van der Waals surface area contributed by atoms with E-state index < -0.39 is 6.10 Å². The van der Waals surface area contributed by atoms with E-state index in [1.165, 1.54) is 32.1 Å². The standard InChI is InChI=1S/C18H29NO2/c1-18(10-4-3-5-11-18)14-21-16-8-6-7-15(13-16)17(20)9-12-19-2/h6-8,13,17,19-20H,3-5,9-12,14H2,1-2H3. The van der Waals surface area contributed by atoms with Crippen LogP contribution in [0.3, 0.4) is 0 Å². The van der Waals surface area contributed by atoms with Gasteiger partial charge in [0.25, 0.3) is 0 Å². The van der Waals surface area contributed by atoms with Gasteiger partial charge in [0.05, 0.1) is 12.7 Å². The van der Waals surface area contributed by atoms with Gasteiger partial charge in [0.1, 0.15) is 5.75 Å². The van der Waals surface area contributed by atoms with Crippen LogP contribution in [0, 0.1) is 5.41 Å². The van der Waals surface area contributed by atoms with Crippen molar-refractivity contribution in [3.63, 3.8) is 0 Å². The van der Waals surface area contributed by atoms with Crippen LogP contribution in [-0.4, -0.2) is 25.3 Å². The molecule has 0 heterocycles. The Bertz CT molecular complexity index is 427. The normalized spacial score (nSPS) is 19.2. The van der Waals surface area contributed by atoms with Crippen LogP contribution in [0.1, 0.15) is 57.1 Å². The number of hydrogen-bond acceptors (Lipinski definition) is 3. The highest BCUT2D eigenvalue weighted by atomic mass is 16.5. The minimum Gasteiger partial charge on any atom is -0.493 e. The molecule has 2 rings (SSSR count). The number of rotatable bonds is 7. The second kappa shape index (κ2) is 7.81. The maximum absolute atomic E-state index is 10.1. The molecule has 1 aromatic carbocycles. The van der Waals surface area contributed by atoms with E-state index in [0.29, 0.717) is 5.41 Å². The van der Waals surface area contributed by atoms with Crippen molar-refractivity contribution in [3.05, 3.63) is 29.8 Å². The van der Waals surface area contributed by atoms with Crippen LogP contribution in [0.4, 0.5) is 0 Å². The molecule has 3 heteroatoms. The van der Waals surface area contributed by atoms with E-state index in [-0.39, 0.29) is 0 Å². The lowest BCUT2D eigenvalue weighted by atomic mass is 9.76. The zero-order valence-electron chi connectivity index (χ0n) is 13.4. The molecular weight excluding hydrogens is 262 g/mol. The van der Waals surface area contributed by atoms with Crippen molar-refractivity contribution in [2.24, 2.45) is 5.41 Å². The Kier molecular flexibility index (Phi) is 6.07. The van der Waals surface area contributed by atoms with Crippen molar-refractivity contribution in [3.8, 4) is 5.75 Å². The van der Waals surface area contributed by atoms with E-state index in [1.54, 1.807) is 0 Å². The number of aliphatic hydroxyl groups is 1. The Hall–Kier alpha value is -1.06. The average molecular weight is 291 g/mol. The van der Waals surface area contributed by atoms with Crippen molar-refractivity contribution >= 4 is 0 Å². The molecule has 0 bridgehead atoms. The Morgan fingerprint density at radius 2 is 2.05 bits per heavy atom. The molecule has 118 valence electrons. The number of aliphatic hydroxyl groups excluding tert-OH is 1. The van der Waals surface area contributed by atoms with Crippen molar-refractivity contribution < 1.29 is 9.84 Å². The van der Waals surface area contributed by atoms with Gasteiger partial charge in [-0.15, -0.1) is 0 Å². The van der Waals surface area contributed by atoms with Crippen LogP contribution in [0.2, 0.25) is 0 Å². The van der Waals surface area contributed by atoms with Crippen molar-refractivity contribution in [1.82, 2.24) is 5.32 Å². The molecule has 21 heavy (non-hydrogen) atoms. The number of benzene rings is 1. The summed E-state index contributed by atoms with van der Waals surface area (Å²) in [6.45, 7) is 3.92. The van der Waals surface area contributed by atoms with Gasteiger partial charge in [-0.25, -0.2) is 0 Å². The summed E-state index contributed by atoms with van der Waals surface area (Å²) in [5.74, 6) is 0.878. The topological polar surface area (TPSA) is 41.5 Å². The fraction of sp³-hybridized carbons (Fsp3) is 0.667. The van der Waals surface area contributed by atoms with Gasteiger partial charge in [-0.3, -0.25) is 0 Å². The Labute approximate surface area is 128 Å². The zero-order chi connectivity index (χ0) is 15.1. The molecule has 1 atom stereocenters. The summed E-state index contributed by atoms with van der Waals surface area (Å²) >= 11 is 0. The average Bonchev–Trinajstić information content (AvgIpc) is 2.52. The highest BCUT2D eigenvalue weighted by molar-refractivity contribution is 5.30. The lowest BCUT2D eigenvalue weighted by Crippen LogP contribution is -2.27. The van der Waals surface area contributed by atoms with Crippen LogP contribution in [0.5, 0.6) is 5.75 Å². The Morgan fingerprint density at radius 1 is 1.29 bits per heavy atom. The van der Waals surface area contributed by atoms with Crippen molar-refractivity contribution in [1.29, 1.82) is 0 Å². The van der Waals surface area contributed by atoms with Gasteiger partial charge in [0, 0.05) is 5.41 Å². The lowest BCUT2D eigenvalue weighted by Gasteiger charge is -2.33. The van der Waals surface area contributed by atoms with Crippen LogP contribution >= 0.6 is 0 Å². The van der Waals surface area contributed by atoms with Gasteiger partial charge in [-0.05, 0) is 50.6 Å². The van der Waals surface area contributed by atoms with Gasteiger partial charge >= 0.3 is 0 Å². The van der Waals surface area contributed by atoms with E-state index in [0.717, 1.165) is 30.9 Å². The molecule has 0 spiro atoms. The summed E-state index contributed by atoms with van der Waals surface area (Å²) in [6.07, 6.45) is 6.83. The molecule has 0 aromatic heterocycles.